The summed E-state index contributed by atoms with van der Waals surface area (Å²) in [5, 5.41) is 20.2. The second-order valence-corrected chi connectivity index (χ2v) is 7.24. The minimum absolute atomic E-state index is 0.133. The van der Waals surface area contributed by atoms with Crippen LogP contribution < -0.4 is 0 Å². The third-order valence-corrected chi connectivity index (χ3v) is 5.42. The largest absolute Gasteiger partial charge is 0.393 e. The minimum Gasteiger partial charge on any atom is -0.393 e. The average Bonchev–Trinajstić information content (AvgIpc) is 2.36. The van der Waals surface area contributed by atoms with Crippen LogP contribution in [-0.4, -0.2) is 47.0 Å². The van der Waals surface area contributed by atoms with Crippen LogP contribution in [0.1, 0.15) is 46.5 Å². The molecular weight excluding hydrogens is 238 g/mol. The van der Waals surface area contributed by atoms with Gasteiger partial charge in [0.15, 0.2) is 0 Å². The fraction of sp³-hybridized carbons (Fsp3) is 1.00. The van der Waals surface area contributed by atoms with Crippen LogP contribution in [0.3, 0.4) is 0 Å². The van der Waals surface area contributed by atoms with E-state index in [-0.39, 0.29) is 12.2 Å². The molecule has 0 aromatic rings. The zero-order valence-corrected chi connectivity index (χ0v) is 12.8. The minimum atomic E-state index is -0.185. The van der Waals surface area contributed by atoms with Gasteiger partial charge in [-0.1, -0.05) is 20.8 Å². The van der Waals surface area contributed by atoms with Crippen LogP contribution in [0.25, 0.3) is 0 Å². The molecule has 1 saturated heterocycles. The van der Waals surface area contributed by atoms with E-state index in [1.807, 2.05) is 0 Å². The summed E-state index contributed by atoms with van der Waals surface area (Å²) in [6.45, 7) is 9.56. The van der Waals surface area contributed by atoms with E-state index in [9.17, 15) is 10.2 Å². The number of piperidine rings is 1. The second kappa shape index (κ2) is 6.55. The SMILES string of the molecule is CC(C)C1CCC(O)C(CN2CCC(C)C(O)C2)C1. The molecule has 1 saturated carbocycles. The predicted octanol–water partition coefficient (Wildman–Crippen LogP) is 2.12. The smallest absolute Gasteiger partial charge is 0.0693 e. The summed E-state index contributed by atoms with van der Waals surface area (Å²) in [6, 6.07) is 0. The van der Waals surface area contributed by atoms with Crippen molar-refractivity contribution < 1.29 is 10.2 Å². The topological polar surface area (TPSA) is 43.7 Å². The fourth-order valence-corrected chi connectivity index (χ4v) is 3.70. The first-order valence-electron chi connectivity index (χ1n) is 8.05. The molecule has 2 N–H and O–H groups in total. The van der Waals surface area contributed by atoms with Crippen molar-refractivity contribution in [1.29, 1.82) is 0 Å². The van der Waals surface area contributed by atoms with Crippen molar-refractivity contribution in [2.24, 2.45) is 23.7 Å². The molecule has 3 nitrogen and oxygen atoms in total. The highest BCUT2D eigenvalue weighted by Gasteiger charge is 2.33. The number of hydrogen-bond donors (Lipinski definition) is 2. The molecule has 5 atom stereocenters. The molecule has 1 aliphatic heterocycles. The monoisotopic (exact) mass is 269 g/mol. The Bertz CT molecular complexity index is 282. The molecule has 5 unspecified atom stereocenters. The summed E-state index contributed by atoms with van der Waals surface area (Å²) in [6.07, 6.45) is 4.05. The van der Waals surface area contributed by atoms with Gasteiger partial charge in [0.05, 0.1) is 12.2 Å². The van der Waals surface area contributed by atoms with Crippen LogP contribution in [0.15, 0.2) is 0 Å². The van der Waals surface area contributed by atoms with Gasteiger partial charge in [0.1, 0.15) is 0 Å². The van der Waals surface area contributed by atoms with Gasteiger partial charge in [-0.25, -0.2) is 0 Å². The third-order valence-electron chi connectivity index (χ3n) is 5.42. The molecule has 0 spiro atoms. The number of β-amino-alcohol motifs (C(OH)–C–C–N with tert-alkyl or cyclic N) is 1. The van der Waals surface area contributed by atoms with Gasteiger partial charge in [-0.05, 0) is 55.9 Å². The number of likely N-dealkylation sites (tertiary alicyclic amines) is 1. The van der Waals surface area contributed by atoms with Crippen molar-refractivity contribution in [1.82, 2.24) is 4.90 Å². The summed E-state index contributed by atoms with van der Waals surface area (Å²) < 4.78 is 0. The lowest BCUT2D eigenvalue weighted by Crippen LogP contribution is -2.47. The first kappa shape index (κ1) is 15.3. The predicted molar refractivity (Wildman–Crippen MR) is 77.9 cm³/mol. The summed E-state index contributed by atoms with van der Waals surface area (Å²) in [5.41, 5.74) is 0. The van der Waals surface area contributed by atoms with E-state index >= 15 is 0 Å². The lowest BCUT2D eigenvalue weighted by molar-refractivity contribution is -0.0146. The van der Waals surface area contributed by atoms with Gasteiger partial charge in [0.2, 0.25) is 0 Å². The lowest BCUT2D eigenvalue weighted by Gasteiger charge is -2.41. The van der Waals surface area contributed by atoms with E-state index in [0.29, 0.717) is 11.8 Å². The van der Waals surface area contributed by atoms with E-state index in [1.165, 1.54) is 6.42 Å². The zero-order valence-electron chi connectivity index (χ0n) is 12.8. The van der Waals surface area contributed by atoms with Crippen molar-refractivity contribution in [2.75, 3.05) is 19.6 Å². The van der Waals surface area contributed by atoms with E-state index in [4.69, 9.17) is 0 Å². The highest BCUT2D eigenvalue weighted by Crippen LogP contribution is 2.34. The molecule has 0 aromatic carbocycles. The molecule has 2 fully saturated rings. The van der Waals surface area contributed by atoms with Crippen LogP contribution in [0.4, 0.5) is 0 Å². The molecule has 112 valence electrons. The summed E-state index contributed by atoms with van der Waals surface area (Å²) >= 11 is 0. The maximum atomic E-state index is 10.2. The number of aliphatic hydroxyl groups excluding tert-OH is 2. The van der Waals surface area contributed by atoms with E-state index < -0.39 is 0 Å². The standard InChI is InChI=1S/C16H31NO2/c1-11(2)13-4-5-15(18)14(8-13)9-17-7-6-12(3)16(19)10-17/h11-16,18-19H,4-10H2,1-3H3. The van der Waals surface area contributed by atoms with Crippen molar-refractivity contribution >= 4 is 0 Å². The average molecular weight is 269 g/mol. The molecule has 2 aliphatic rings. The highest BCUT2D eigenvalue weighted by molar-refractivity contribution is 4.85. The van der Waals surface area contributed by atoms with Gasteiger partial charge in [0.25, 0.3) is 0 Å². The highest BCUT2D eigenvalue weighted by atomic mass is 16.3. The van der Waals surface area contributed by atoms with Gasteiger partial charge < -0.3 is 15.1 Å². The molecule has 0 bridgehead atoms. The lowest BCUT2D eigenvalue weighted by atomic mass is 9.74. The molecule has 0 amide bonds. The van der Waals surface area contributed by atoms with Crippen molar-refractivity contribution in [3.63, 3.8) is 0 Å². The van der Waals surface area contributed by atoms with Crippen LogP contribution in [0.5, 0.6) is 0 Å². The van der Waals surface area contributed by atoms with E-state index in [1.54, 1.807) is 0 Å². The Morgan fingerprint density at radius 1 is 1.11 bits per heavy atom. The summed E-state index contributed by atoms with van der Waals surface area (Å²) in [4.78, 5) is 2.36. The number of nitrogens with zero attached hydrogens (tertiary/aromatic N) is 1. The number of hydrogen-bond acceptors (Lipinski definition) is 3. The Balaban J connectivity index is 1.86. The molecule has 2 rings (SSSR count). The normalized spacial score (nSPS) is 41.7. The Kier molecular flexibility index (Phi) is 5.27. The summed E-state index contributed by atoms with van der Waals surface area (Å²) in [5.74, 6) is 2.32. The molecule has 0 aromatic heterocycles. The fourth-order valence-electron chi connectivity index (χ4n) is 3.70. The van der Waals surface area contributed by atoms with Crippen molar-refractivity contribution in [2.45, 2.75) is 58.7 Å². The Hall–Kier alpha value is -0.120. The van der Waals surface area contributed by atoms with Crippen LogP contribution in [-0.2, 0) is 0 Å². The molecular formula is C16H31NO2. The Labute approximate surface area is 118 Å². The molecule has 0 radical (unpaired) electrons. The van der Waals surface area contributed by atoms with Crippen molar-refractivity contribution in [3.05, 3.63) is 0 Å². The third kappa shape index (κ3) is 3.93. The first-order chi connectivity index (χ1) is 8.97. The molecule has 3 heteroatoms. The first-order valence-corrected chi connectivity index (χ1v) is 8.05. The van der Waals surface area contributed by atoms with Gasteiger partial charge in [0, 0.05) is 13.1 Å². The van der Waals surface area contributed by atoms with Crippen LogP contribution in [0, 0.1) is 23.7 Å². The van der Waals surface area contributed by atoms with Gasteiger partial charge in [-0.15, -0.1) is 0 Å². The van der Waals surface area contributed by atoms with Crippen molar-refractivity contribution in [3.8, 4) is 0 Å². The number of rotatable bonds is 3. The second-order valence-electron chi connectivity index (χ2n) is 7.24. The quantitative estimate of drug-likeness (QED) is 0.825. The van der Waals surface area contributed by atoms with E-state index in [2.05, 4.69) is 25.7 Å². The summed E-state index contributed by atoms with van der Waals surface area (Å²) in [7, 11) is 0. The zero-order chi connectivity index (χ0) is 14.0. The Morgan fingerprint density at radius 3 is 2.47 bits per heavy atom. The molecule has 19 heavy (non-hydrogen) atoms. The maximum absolute atomic E-state index is 10.2. The van der Waals surface area contributed by atoms with Crippen LogP contribution >= 0.6 is 0 Å². The Morgan fingerprint density at radius 2 is 1.84 bits per heavy atom. The van der Waals surface area contributed by atoms with Gasteiger partial charge in [-0.2, -0.15) is 0 Å². The van der Waals surface area contributed by atoms with Gasteiger partial charge >= 0.3 is 0 Å². The number of aliphatic hydroxyl groups is 2. The van der Waals surface area contributed by atoms with Crippen LogP contribution in [0.2, 0.25) is 0 Å². The van der Waals surface area contributed by atoms with E-state index in [0.717, 1.165) is 50.7 Å². The molecule has 1 heterocycles. The van der Waals surface area contributed by atoms with Gasteiger partial charge in [-0.3, -0.25) is 0 Å². The molecule has 1 aliphatic carbocycles. The maximum Gasteiger partial charge on any atom is 0.0693 e.